The zero-order chi connectivity index (χ0) is 14.8. The number of halogens is 2. The molecule has 0 spiro atoms. The van der Waals surface area contributed by atoms with Crippen LogP contribution in [0, 0.1) is 5.41 Å². The average Bonchev–Trinajstić information content (AvgIpc) is 2.69. The number of thiophene rings is 1. The van der Waals surface area contributed by atoms with Crippen LogP contribution in [0.1, 0.15) is 55.9 Å². The lowest BCUT2D eigenvalue weighted by molar-refractivity contribution is -0.140. The van der Waals surface area contributed by atoms with E-state index >= 15 is 0 Å². The summed E-state index contributed by atoms with van der Waals surface area (Å²) in [6.07, 6.45) is 6.29. The molecule has 0 aliphatic heterocycles. The lowest BCUT2D eigenvalue weighted by atomic mass is 9.68. The largest absolute Gasteiger partial charge is 0.481 e. The molecule has 0 radical (unpaired) electrons. The SMILES string of the molecule is NC(CC1(CC(=O)O)CCCCC1)c1cc(Br)c(Cl)s1. The number of carboxylic acids is 1. The van der Waals surface area contributed by atoms with Crippen LogP contribution in [-0.2, 0) is 4.79 Å². The first kappa shape index (κ1) is 16.3. The second-order valence-electron chi connectivity index (χ2n) is 5.71. The summed E-state index contributed by atoms with van der Waals surface area (Å²) in [5.74, 6) is -0.718. The summed E-state index contributed by atoms with van der Waals surface area (Å²) in [4.78, 5) is 12.2. The molecule has 1 saturated carbocycles. The summed E-state index contributed by atoms with van der Waals surface area (Å²) in [6.45, 7) is 0. The first-order chi connectivity index (χ1) is 9.42. The molecule has 0 bridgehead atoms. The smallest absolute Gasteiger partial charge is 0.303 e. The van der Waals surface area contributed by atoms with Crippen molar-refractivity contribution in [3.05, 3.63) is 19.8 Å². The van der Waals surface area contributed by atoms with Gasteiger partial charge in [-0.3, -0.25) is 4.79 Å². The summed E-state index contributed by atoms with van der Waals surface area (Å²) in [5.41, 5.74) is 6.16. The highest BCUT2D eigenvalue weighted by atomic mass is 79.9. The van der Waals surface area contributed by atoms with Crippen molar-refractivity contribution in [1.29, 1.82) is 0 Å². The molecule has 6 heteroatoms. The van der Waals surface area contributed by atoms with E-state index in [0.717, 1.165) is 41.5 Å². The summed E-state index contributed by atoms with van der Waals surface area (Å²) in [5, 5.41) is 9.20. The molecule has 0 amide bonds. The molecule has 1 unspecified atom stereocenters. The van der Waals surface area contributed by atoms with Gasteiger partial charge in [0.25, 0.3) is 0 Å². The maximum absolute atomic E-state index is 11.2. The Morgan fingerprint density at radius 2 is 2.15 bits per heavy atom. The summed E-state index contributed by atoms with van der Waals surface area (Å²) in [7, 11) is 0. The molecule has 112 valence electrons. The minimum atomic E-state index is -0.718. The van der Waals surface area contributed by atoms with Gasteiger partial charge in [-0.2, -0.15) is 0 Å². The molecule has 2 rings (SSSR count). The van der Waals surface area contributed by atoms with Crippen LogP contribution in [0.5, 0.6) is 0 Å². The van der Waals surface area contributed by atoms with Crippen molar-refractivity contribution in [2.24, 2.45) is 11.1 Å². The third kappa shape index (κ3) is 3.97. The van der Waals surface area contributed by atoms with Crippen molar-refractivity contribution in [3.63, 3.8) is 0 Å². The molecule has 20 heavy (non-hydrogen) atoms. The Kier molecular flexibility index (Phi) is 5.51. The van der Waals surface area contributed by atoms with Crippen LogP contribution in [0.15, 0.2) is 10.5 Å². The first-order valence-corrected chi connectivity index (χ1v) is 8.83. The topological polar surface area (TPSA) is 63.3 Å². The van der Waals surface area contributed by atoms with E-state index in [-0.39, 0.29) is 17.9 Å². The van der Waals surface area contributed by atoms with Gasteiger partial charge in [-0.25, -0.2) is 0 Å². The zero-order valence-corrected chi connectivity index (χ0v) is 14.4. The Hall–Kier alpha value is -0.100. The molecule has 3 N–H and O–H groups in total. The predicted octanol–water partition coefficient (Wildman–Crippen LogP) is 4.98. The number of aliphatic carboxylic acids is 1. The molecule has 3 nitrogen and oxygen atoms in total. The van der Waals surface area contributed by atoms with Gasteiger partial charge in [-0.15, -0.1) is 11.3 Å². The highest BCUT2D eigenvalue weighted by molar-refractivity contribution is 9.10. The fourth-order valence-corrected chi connectivity index (χ4v) is 4.93. The van der Waals surface area contributed by atoms with Gasteiger partial charge < -0.3 is 10.8 Å². The molecular formula is C14H19BrClNO2S. The number of hydrogen-bond acceptors (Lipinski definition) is 3. The van der Waals surface area contributed by atoms with Crippen molar-refractivity contribution < 1.29 is 9.90 Å². The van der Waals surface area contributed by atoms with E-state index in [2.05, 4.69) is 15.9 Å². The van der Waals surface area contributed by atoms with E-state index in [9.17, 15) is 9.90 Å². The number of hydrogen-bond donors (Lipinski definition) is 2. The number of rotatable bonds is 5. The molecule has 1 aliphatic carbocycles. The number of carbonyl (C=O) groups is 1. The summed E-state index contributed by atoms with van der Waals surface area (Å²) >= 11 is 10.9. The Balaban J connectivity index is 2.12. The van der Waals surface area contributed by atoms with Gasteiger partial charge in [0, 0.05) is 15.4 Å². The van der Waals surface area contributed by atoms with E-state index in [4.69, 9.17) is 17.3 Å². The predicted molar refractivity (Wildman–Crippen MR) is 86.3 cm³/mol. The molecule has 1 aliphatic rings. The lowest BCUT2D eigenvalue weighted by Gasteiger charge is -2.38. The number of carboxylic acid groups (broad SMARTS) is 1. The van der Waals surface area contributed by atoms with E-state index in [0.29, 0.717) is 4.34 Å². The second-order valence-corrected chi connectivity index (χ2v) is 8.25. The molecular weight excluding hydrogens is 362 g/mol. The lowest BCUT2D eigenvalue weighted by Crippen LogP contribution is -2.31. The molecule has 1 heterocycles. The van der Waals surface area contributed by atoms with Crippen LogP contribution in [-0.4, -0.2) is 11.1 Å². The van der Waals surface area contributed by atoms with E-state index in [1.54, 1.807) is 0 Å². The molecule has 0 saturated heterocycles. The van der Waals surface area contributed by atoms with Crippen LogP contribution in [0.3, 0.4) is 0 Å². The van der Waals surface area contributed by atoms with E-state index < -0.39 is 5.97 Å². The Morgan fingerprint density at radius 1 is 1.50 bits per heavy atom. The van der Waals surface area contributed by atoms with Gasteiger partial charge in [-0.05, 0) is 46.7 Å². The van der Waals surface area contributed by atoms with Crippen molar-refractivity contribution in [3.8, 4) is 0 Å². The average molecular weight is 381 g/mol. The van der Waals surface area contributed by atoms with Gasteiger partial charge in [0.2, 0.25) is 0 Å². The van der Waals surface area contributed by atoms with Gasteiger partial charge in [0.05, 0.1) is 6.42 Å². The van der Waals surface area contributed by atoms with E-state index in [1.165, 1.54) is 17.8 Å². The maximum Gasteiger partial charge on any atom is 0.303 e. The van der Waals surface area contributed by atoms with Crippen molar-refractivity contribution in [1.82, 2.24) is 0 Å². The van der Waals surface area contributed by atoms with Crippen LogP contribution in [0.4, 0.5) is 0 Å². The molecule has 1 fully saturated rings. The number of nitrogens with two attached hydrogens (primary N) is 1. The Labute approximate surface area is 136 Å². The third-order valence-electron chi connectivity index (χ3n) is 4.12. The maximum atomic E-state index is 11.2. The zero-order valence-electron chi connectivity index (χ0n) is 11.2. The highest BCUT2D eigenvalue weighted by Crippen LogP contribution is 2.46. The first-order valence-electron chi connectivity index (χ1n) is 6.84. The molecule has 0 aromatic carbocycles. The monoisotopic (exact) mass is 379 g/mol. The minimum absolute atomic E-state index is 0.138. The van der Waals surface area contributed by atoms with Crippen LogP contribution >= 0.6 is 38.9 Å². The van der Waals surface area contributed by atoms with Gasteiger partial charge in [-0.1, -0.05) is 30.9 Å². The van der Waals surface area contributed by atoms with Crippen molar-refractivity contribution >= 4 is 44.8 Å². The minimum Gasteiger partial charge on any atom is -0.481 e. The van der Waals surface area contributed by atoms with Gasteiger partial charge in [0.15, 0.2) is 0 Å². The highest BCUT2D eigenvalue weighted by Gasteiger charge is 2.36. The van der Waals surface area contributed by atoms with Gasteiger partial charge in [0.1, 0.15) is 4.34 Å². The summed E-state index contributed by atoms with van der Waals surface area (Å²) < 4.78 is 1.57. The third-order valence-corrected chi connectivity index (χ3v) is 6.73. The van der Waals surface area contributed by atoms with Crippen LogP contribution < -0.4 is 5.73 Å². The van der Waals surface area contributed by atoms with E-state index in [1.807, 2.05) is 6.07 Å². The Morgan fingerprint density at radius 3 is 2.65 bits per heavy atom. The van der Waals surface area contributed by atoms with Crippen molar-refractivity contribution in [2.75, 3.05) is 0 Å². The summed E-state index contributed by atoms with van der Waals surface area (Å²) in [6, 6.07) is 1.82. The quantitative estimate of drug-likeness (QED) is 0.757. The van der Waals surface area contributed by atoms with Crippen molar-refractivity contribution in [2.45, 2.75) is 51.0 Å². The normalized spacial score (nSPS) is 19.8. The van der Waals surface area contributed by atoms with Crippen LogP contribution in [0.2, 0.25) is 4.34 Å². The van der Waals surface area contributed by atoms with Crippen LogP contribution in [0.25, 0.3) is 0 Å². The fraction of sp³-hybridized carbons (Fsp3) is 0.643. The van der Waals surface area contributed by atoms with Gasteiger partial charge >= 0.3 is 5.97 Å². The molecule has 1 atom stereocenters. The fourth-order valence-electron chi connectivity index (χ4n) is 3.19. The second kappa shape index (κ2) is 6.77. The molecule has 1 aromatic rings. The Bertz CT molecular complexity index is 466. The molecule has 1 aromatic heterocycles. The standard InChI is InChI=1S/C14H19BrClNO2S/c15-9-6-11(20-13(9)16)10(17)7-14(8-12(18)19)4-2-1-3-5-14/h6,10H,1-5,7-8,17H2,(H,18,19).